The lowest BCUT2D eigenvalue weighted by Gasteiger charge is -2.24. The van der Waals surface area contributed by atoms with Crippen molar-refractivity contribution in [3.05, 3.63) is 47.2 Å². The molecule has 2 N–H and O–H groups in total. The van der Waals surface area contributed by atoms with E-state index < -0.39 is 0 Å². The van der Waals surface area contributed by atoms with Gasteiger partial charge in [-0.1, -0.05) is 0 Å². The molecule has 2 aromatic heterocycles. The first-order chi connectivity index (χ1) is 11.1. The van der Waals surface area contributed by atoms with Gasteiger partial charge in [-0.25, -0.2) is 0 Å². The van der Waals surface area contributed by atoms with Crippen molar-refractivity contribution in [3.63, 3.8) is 0 Å². The Bertz CT molecular complexity index is 703. The molecule has 3 heterocycles. The van der Waals surface area contributed by atoms with Crippen LogP contribution in [0.25, 0.3) is 0 Å². The lowest BCUT2D eigenvalue weighted by molar-refractivity contribution is -0.131. The SMILES string of the molecule is Cc1cc(C(=O)NCC(=O)N2CCC[C@H]2c2ccc[nH]2)c(C)o1. The van der Waals surface area contributed by atoms with Gasteiger partial charge in [0.2, 0.25) is 5.91 Å². The molecule has 0 aromatic carbocycles. The molecule has 122 valence electrons. The van der Waals surface area contributed by atoms with Crippen molar-refractivity contribution in [1.82, 2.24) is 15.2 Å². The number of nitrogens with one attached hydrogen (secondary N) is 2. The number of amides is 2. The van der Waals surface area contributed by atoms with Crippen molar-refractivity contribution in [2.45, 2.75) is 32.7 Å². The normalized spacial score (nSPS) is 17.5. The number of carbonyl (C=O) groups excluding carboxylic acids is 2. The van der Waals surface area contributed by atoms with Gasteiger partial charge in [-0.15, -0.1) is 0 Å². The summed E-state index contributed by atoms with van der Waals surface area (Å²) in [5.74, 6) is 0.917. The van der Waals surface area contributed by atoms with Crippen LogP contribution >= 0.6 is 0 Å². The molecule has 3 rings (SSSR count). The van der Waals surface area contributed by atoms with Crippen LogP contribution in [0.5, 0.6) is 0 Å². The van der Waals surface area contributed by atoms with E-state index in [1.54, 1.807) is 19.9 Å². The van der Waals surface area contributed by atoms with Crippen molar-refractivity contribution in [1.29, 1.82) is 0 Å². The monoisotopic (exact) mass is 315 g/mol. The lowest BCUT2D eigenvalue weighted by Crippen LogP contribution is -2.40. The Morgan fingerprint density at radius 1 is 1.43 bits per heavy atom. The Morgan fingerprint density at radius 3 is 2.91 bits per heavy atom. The van der Waals surface area contributed by atoms with Crippen LogP contribution in [-0.2, 0) is 4.79 Å². The Kier molecular flexibility index (Phi) is 4.23. The molecule has 0 saturated carbocycles. The van der Waals surface area contributed by atoms with Crippen molar-refractivity contribution in [2.24, 2.45) is 0 Å². The fourth-order valence-electron chi connectivity index (χ4n) is 3.15. The molecule has 1 aliphatic heterocycles. The highest BCUT2D eigenvalue weighted by molar-refractivity contribution is 5.97. The highest BCUT2D eigenvalue weighted by Gasteiger charge is 2.30. The van der Waals surface area contributed by atoms with Crippen LogP contribution in [0.2, 0.25) is 0 Å². The maximum atomic E-state index is 12.5. The van der Waals surface area contributed by atoms with E-state index in [0.29, 0.717) is 17.1 Å². The summed E-state index contributed by atoms with van der Waals surface area (Å²) >= 11 is 0. The van der Waals surface area contributed by atoms with Crippen molar-refractivity contribution in [2.75, 3.05) is 13.1 Å². The predicted molar refractivity (Wildman–Crippen MR) is 85.0 cm³/mol. The van der Waals surface area contributed by atoms with Gasteiger partial charge in [0, 0.05) is 18.4 Å². The minimum absolute atomic E-state index is 0.000288. The van der Waals surface area contributed by atoms with Crippen LogP contribution in [0, 0.1) is 13.8 Å². The maximum Gasteiger partial charge on any atom is 0.255 e. The van der Waals surface area contributed by atoms with E-state index in [0.717, 1.165) is 25.1 Å². The third kappa shape index (κ3) is 3.16. The molecule has 0 spiro atoms. The molecule has 6 nitrogen and oxygen atoms in total. The second-order valence-corrected chi connectivity index (χ2v) is 5.88. The molecule has 23 heavy (non-hydrogen) atoms. The molecule has 0 aliphatic carbocycles. The van der Waals surface area contributed by atoms with Crippen LogP contribution in [0.3, 0.4) is 0 Å². The van der Waals surface area contributed by atoms with Gasteiger partial charge in [-0.05, 0) is 44.9 Å². The molecule has 1 aliphatic rings. The molecular weight excluding hydrogens is 294 g/mol. The smallest absolute Gasteiger partial charge is 0.255 e. The number of rotatable bonds is 4. The van der Waals surface area contributed by atoms with Gasteiger partial charge in [-0.2, -0.15) is 0 Å². The zero-order valence-electron chi connectivity index (χ0n) is 13.4. The largest absolute Gasteiger partial charge is 0.466 e. The van der Waals surface area contributed by atoms with Gasteiger partial charge in [0.25, 0.3) is 5.91 Å². The number of likely N-dealkylation sites (tertiary alicyclic amines) is 1. The molecule has 2 aromatic rings. The summed E-state index contributed by atoms with van der Waals surface area (Å²) in [4.78, 5) is 29.6. The van der Waals surface area contributed by atoms with Gasteiger partial charge in [-0.3, -0.25) is 9.59 Å². The third-order valence-electron chi connectivity index (χ3n) is 4.24. The van der Waals surface area contributed by atoms with Gasteiger partial charge in [0.1, 0.15) is 11.5 Å². The van der Waals surface area contributed by atoms with Crippen LogP contribution in [0.15, 0.2) is 28.8 Å². The summed E-state index contributed by atoms with van der Waals surface area (Å²) < 4.78 is 5.35. The molecule has 1 saturated heterocycles. The summed E-state index contributed by atoms with van der Waals surface area (Å²) in [5, 5.41) is 2.70. The van der Waals surface area contributed by atoms with E-state index in [1.807, 2.05) is 23.2 Å². The minimum atomic E-state index is -0.275. The van der Waals surface area contributed by atoms with Crippen molar-refractivity contribution in [3.8, 4) is 0 Å². The Hall–Kier alpha value is -2.50. The van der Waals surface area contributed by atoms with Crippen molar-refractivity contribution < 1.29 is 14.0 Å². The number of hydrogen-bond acceptors (Lipinski definition) is 3. The van der Waals surface area contributed by atoms with E-state index in [9.17, 15) is 9.59 Å². The summed E-state index contributed by atoms with van der Waals surface area (Å²) in [6.45, 7) is 4.26. The van der Waals surface area contributed by atoms with Gasteiger partial charge >= 0.3 is 0 Å². The Balaban J connectivity index is 1.61. The summed E-state index contributed by atoms with van der Waals surface area (Å²) in [6, 6.07) is 5.69. The number of nitrogens with zero attached hydrogens (tertiary/aromatic N) is 1. The van der Waals surface area contributed by atoms with Crippen molar-refractivity contribution >= 4 is 11.8 Å². The predicted octanol–water partition coefficient (Wildman–Crippen LogP) is 2.32. The highest BCUT2D eigenvalue weighted by Crippen LogP contribution is 2.30. The fraction of sp³-hybridized carbons (Fsp3) is 0.412. The molecule has 1 atom stereocenters. The second kappa shape index (κ2) is 6.32. The zero-order chi connectivity index (χ0) is 16.4. The average Bonchev–Trinajstić information content (AvgIpc) is 3.23. The second-order valence-electron chi connectivity index (χ2n) is 5.88. The molecule has 0 unspecified atom stereocenters. The van der Waals surface area contributed by atoms with Gasteiger partial charge in [0.15, 0.2) is 0 Å². The van der Waals surface area contributed by atoms with E-state index in [4.69, 9.17) is 4.42 Å². The number of aromatic nitrogens is 1. The van der Waals surface area contributed by atoms with Gasteiger partial charge in [0.05, 0.1) is 18.2 Å². The maximum absolute atomic E-state index is 12.5. The molecule has 1 fully saturated rings. The number of hydrogen-bond donors (Lipinski definition) is 2. The molecule has 0 radical (unpaired) electrons. The third-order valence-corrected chi connectivity index (χ3v) is 4.24. The number of aromatic amines is 1. The summed E-state index contributed by atoms with van der Waals surface area (Å²) in [7, 11) is 0. The summed E-state index contributed by atoms with van der Waals surface area (Å²) in [6.07, 6.45) is 3.78. The topological polar surface area (TPSA) is 78.3 Å². The molecule has 6 heteroatoms. The quantitative estimate of drug-likeness (QED) is 0.909. The summed E-state index contributed by atoms with van der Waals surface area (Å²) in [5.41, 5.74) is 1.53. The fourth-order valence-corrected chi connectivity index (χ4v) is 3.15. The number of furan rings is 1. The minimum Gasteiger partial charge on any atom is -0.466 e. The van der Waals surface area contributed by atoms with Crippen LogP contribution < -0.4 is 5.32 Å². The number of H-pyrrole nitrogens is 1. The first kappa shape index (κ1) is 15.4. The van der Waals surface area contributed by atoms with Crippen LogP contribution in [0.4, 0.5) is 0 Å². The first-order valence-corrected chi connectivity index (χ1v) is 7.84. The molecule has 0 bridgehead atoms. The Labute approximate surface area is 134 Å². The van der Waals surface area contributed by atoms with Crippen LogP contribution in [-0.4, -0.2) is 34.8 Å². The van der Waals surface area contributed by atoms with Crippen LogP contribution in [0.1, 0.15) is 46.5 Å². The van der Waals surface area contributed by atoms with E-state index in [1.165, 1.54) is 0 Å². The van der Waals surface area contributed by atoms with E-state index in [2.05, 4.69) is 10.3 Å². The molecular formula is C17H21N3O3. The standard InChI is InChI=1S/C17H21N3O3/c1-11-9-13(12(2)23-11)17(22)19-10-16(21)20-8-4-6-15(20)14-5-3-7-18-14/h3,5,7,9,15,18H,4,6,8,10H2,1-2H3,(H,19,22)/t15-/m0/s1. The highest BCUT2D eigenvalue weighted by atomic mass is 16.3. The lowest BCUT2D eigenvalue weighted by atomic mass is 10.1. The molecule has 2 amide bonds. The number of aryl methyl sites for hydroxylation is 2. The first-order valence-electron chi connectivity index (χ1n) is 7.84. The van der Waals surface area contributed by atoms with E-state index in [-0.39, 0.29) is 24.4 Å². The van der Waals surface area contributed by atoms with E-state index >= 15 is 0 Å². The number of carbonyl (C=O) groups is 2. The Morgan fingerprint density at radius 2 is 2.26 bits per heavy atom. The average molecular weight is 315 g/mol. The van der Waals surface area contributed by atoms with Gasteiger partial charge < -0.3 is 19.6 Å². The zero-order valence-corrected chi connectivity index (χ0v) is 13.4.